The number of carbonyl (C=O) groups excluding carboxylic acids is 1. The van der Waals surface area contributed by atoms with Crippen molar-refractivity contribution in [2.75, 3.05) is 11.1 Å². The molecular weight excluding hydrogens is 274 g/mol. The molecule has 0 atom stereocenters. The quantitative estimate of drug-likeness (QED) is 0.739. The molecule has 0 unspecified atom stereocenters. The molecule has 0 bridgehead atoms. The van der Waals surface area contributed by atoms with Gasteiger partial charge in [-0.2, -0.15) is 0 Å². The van der Waals surface area contributed by atoms with Crippen LogP contribution in [0, 0.1) is 6.92 Å². The average Bonchev–Trinajstić information content (AvgIpc) is 2.63. The Bertz CT molecular complexity index is 612. The first-order chi connectivity index (χ1) is 8.47. The fraction of sp³-hybridized carbons (Fsp3) is 0.0909. The highest BCUT2D eigenvalue weighted by molar-refractivity contribution is 7.17. The van der Waals surface area contributed by atoms with E-state index in [1.54, 1.807) is 13.0 Å². The number of anilines is 2. The van der Waals surface area contributed by atoms with Crippen LogP contribution in [0.3, 0.4) is 0 Å². The predicted molar refractivity (Wildman–Crippen MR) is 72.3 cm³/mol. The van der Waals surface area contributed by atoms with Crippen molar-refractivity contribution < 1.29 is 9.90 Å². The summed E-state index contributed by atoms with van der Waals surface area (Å²) in [5.74, 6) is -0.337. The lowest BCUT2D eigenvalue weighted by Gasteiger charge is -2.05. The molecule has 94 valence electrons. The van der Waals surface area contributed by atoms with Gasteiger partial charge in [-0.1, -0.05) is 22.9 Å². The van der Waals surface area contributed by atoms with E-state index in [-0.39, 0.29) is 16.7 Å². The van der Waals surface area contributed by atoms with Gasteiger partial charge in [0.1, 0.15) is 10.6 Å². The normalized spacial score (nSPS) is 10.3. The lowest BCUT2D eigenvalue weighted by atomic mass is 10.3. The monoisotopic (exact) mass is 283 g/mol. The molecule has 1 aromatic heterocycles. The SMILES string of the molecule is Cc1nc(N)sc1C(=O)Nc1ccc(O)c(Cl)c1. The third-order valence-corrected chi connectivity index (χ3v) is 3.51. The maximum absolute atomic E-state index is 11.9. The van der Waals surface area contributed by atoms with Crippen LogP contribution >= 0.6 is 22.9 Å². The van der Waals surface area contributed by atoms with Crippen LogP contribution in [0.1, 0.15) is 15.4 Å². The van der Waals surface area contributed by atoms with Crippen molar-refractivity contribution in [3.63, 3.8) is 0 Å². The Balaban J connectivity index is 2.21. The minimum atomic E-state index is -0.302. The molecule has 4 N–H and O–H groups in total. The largest absolute Gasteiger partial charge is 0.506 e. The summed E-state index contributed by atoms with van der Waals surface area (Å²) in [7, 11) is 0. The molecule has 0 aliphatic carbocycles. The molecule has 0 saturated carbocycles. The minimum Gasteiger partial charge on any atom is -0.506 e. The van der Waals surface area contributed by atoms with E-state index in [0.29, 0.717) is 21.4 Å². The number of carbonyl (C=O) groups is 1. The first-order valence-corrected chi connectivity index (χ1v) is 6.19. The van der Waals surface area contributed by atoms with Crippen molar-refractivity contribution >= 4 is 39.7 Å². The second kappa shape index (κ2) is 4.83. The third-order valence-electron chi connectivity index (χ3n) is 2.22. The second-order valence-corrected chi connectivity index (χ2v) is 5.02. The number of thiazole rings is 1. The summed E-state index contributed by atoms with van der Waals surface area (Å²) >= 11 is 6.87. The number of phenolic OH excluding ortho intramolecular Hbond substituents is 1. The number of hydrogen-bond acceptors (Lipinski definition) is 5. The summed E-state index contributed by atoms with van der Waals surface area (Å²) in [6.45, 7) is 1.71. The number of nitrogens with zero attached hydrogens (tertiary/aromatic N) is 1. The van der Waals surface area contributed by atoms with Gasteiger partial charge in [-0.05, 0) is 25.1 Å². The first-order valence-electron chi connectivity index (χ1n) is 5.00. The molecule has 0 aliphatic heterocycles. The number of rotatable bonds is 2. The molecule has 2 aromatic rings. The number of aromatic hydroxyl groups is 1. The smallest absolute Gasteiger partial charge is 0.267 e. The zero-order valence-corrected chi connectivity index (χ0v) is 11.0. The molecule has 2 rings (SSSR count). The van der Waals surface area contributed by atoms with E-state index in [1.807, 2.05) is 0 Å². The van der Waals surface area contributed by atoms with E-state index in [9.17, 15) is 9.90 Å². The summed E-state index contributed by atoms with van der Waals surface area (Å²) < 4.78 is 0. The molecule has 1 amide bonds. The van der Waals surface area contributed by atoms with Crippen LogP contribution in [0.15, 0.2) is 18.2 Å². The van der Waals surface area contributed by atoms with E-state index in [4.69, 9.17) is 17.3 Å². The molecule has 0 radical (unpaired) electrons. The Morgan fingerprint density at radius 1 is 1.56 bits per heavy atom. The molecule has 0 fully saturated rings. The van der Waals surface area contributed by atoms with Crippen molar-refractivity contribution in [1.29, 1.82) is 0 Å². The number of hydrogen-bond donors (Lipinski definition) is 3. The Morgan fingerprint density at radius 3 is 2.83 bits per heavy atom. The standard InChI is InChI=1S/C11H10ClN3O2S/c1-5-9(18-11(13)14-5)10(17)15-6-2-3-8(16)7(12)4-6/h2-4,16H,1H3,(H2,13,14)(H,15,17). The van der Waals surface area contributed by atoms with Gasteiger partial charge in [0.15, 0.2) is 5.13 Å². The molecule has 7 heteroatoms. The Morgan fingerprint density at radius 2 is 2.28 bits per heavy atom. The number of nitrogens with two attached hydrogens (primary N) is 1. The van der Waals surface area contributed by atoms with Crippen molar-refractivity contribution in [3.8, 4) is 5.75 Å². The van der Waals surface area contributed by atoms with Crippen LogP contribution in [-0.2, 0) is 0 Å². The van der Waals surface area contributed by atoms with E-state index in [0.717, 1.165) is 11.3 Å². The van der Waals surface area contributed by atoms with Crippen molar-refractivity contribution in [2.24, 2.45) is 0 Å². The van der Waals surface area contributed by atoms with E-state index in [2.05, 4.69) is 10.3 Å². The summed E-state index contributed by atoms with van der Waals surface area (Å²) in [4.78, 5) is 16.4. The maximum atomic E-state index is 11.9. The zero-order valence-electron chi connectivity index (χ0n) is 9.40. The van der Waals surface area contributed by atoms with Gasteiger partial charge in [-0.15, -0.1) is 0 Å². The maximum Gasteiger partial charge on any atom is 0.267 e. The second-order valence-electron chi connectivity index (χ2n) is 3.59. The topological polar surface area (TPSA) is 88.2 Å². The zero-order chi connectivity index (χ0) is 13.3. The van der Waals surface area contributed by atoms with Gasteiger partial charge in [0.25, 0.3) is 5.91 Å². The number of aryl methyl sites for hydroxylation is 1. The Labute approximate surface area is 112 Å². The molecule has 1 aromatic carbocycles. The molecule has 5 nitrogen and oxygen atoms in total. The highest BCUT2D eigenvalue weighted by atomic mass is 35.5. The Kier molecular flexibility index (Phi) is 3.40. The number of nitrogens with one attached hydrogen (secondary N) is 1. The van der Waals surface area contributed by atoms with E-state index >= 15 is 0 Å². The number of nitrogen functional groups attached to an aromatic ring is 1. The molecular formula is C11H10ClN3O2S. The summed E-state index contributed by atoms with van der Waals surface area (Å²) in [6, 6.07) is 4.43. The summed E-state index contributed by atoms with van der Waals surface area (Å²) in [6.07, 6.45) is 0. The average molecular weight is 284 g/mol. The van der Waals surface area contributed by atoms with Gasteiger partial charge >= 0.3 is 0 Å². The molecule has 0 saturated heterocycles. The highest BCUT2D eigenvalue weighted by Crippen LogP contribution is 2.27. The highest BCUT2D eigenvalue weighted by Gasteiger charge is 2.14. The summed E-state index contributed by atoms with van der Waals surface area (Å²) in [5.41, 5.74) is 6.61. The molecule has 1 heterocycles. The number of phenols is 1. The van der Waals surface area contributed by atoms with Gasteiger partial charge in [-0.25, -0.2) is 4.98 Å². The Hall–Kier alpha value is -1.79. The van der Waals surface area contributed by atoms with Gasteiger partial charge in [0, 0.05) is 5.69 Å². The fourth-order valence-corrected chi connectivity index (χ4v) is 2.31. The third kappa shape index (κ3) is 2.55. The first kappa shape index (κ1) is 12.7. The van der Waals surface area contributed by atoms with Crippen molar-refractivity contribution in [1.82, 2.24) is 4.98 Å². The number of aromatic nitrogens is 1. The van der Waals surface area contributed by atoms with Crippen molar-refractivity contribution in [2.45, 2.75) is 6.92 Å². The van der Waals surface area contributed by atoms with Gasteiger partial charge in [-0.3, -0.25) is 4.79 Å². The van der Waals surface area contributed by atoms with Crippen molar-refractivity contribution in [3.05, 3.63) is 33.8 Å². The van der Waals surface area contributed by atoms with Crippen LogP contribution < -0.4 is 11.1 Å². The predicted octanol–water partition coefficient (Wildman–Crippen LogP) is 2.65. The van der Waals surface area contributed by atoms with Crippen LogP contribution in [0.4, 0.5) is 10.8 Å². The molecule has 0 spiro atoms. The lowest BCUT2D eigenvalue weighted by molar-refractivity contribution is 0.103. The van der Waals surface area contributed by atoms with Crippen LogP contribution in [-0.4, -0.2) is 16.0 Å². The van der Waals surface area contributed by atoms with Gasteiger partial charge in [0.2, 0.25) is 0 Å². The van der Waals surface area contributed by atoms with Crippen LogP contribution in [0.5, 0.6) is 5.75 Å². The van der Waals surface area contributed by atoms with Crippen LogP contribution in [0.2, 0.25) is 5.02 Å². The molecule has 0 aliphatic rings. The number of benzene rings is 1. The lowest BCUT2D eigenvalue weighted by Crippen LogP contribution is -2.11. The molecule has 18 heavy (non-hydrogen) atoms. The summed E-state index contributed by atoms with van der Waals surface area (Å²) in [5, 5.41) is 12.5. The van der Waals surface area contributed by atoms with E-state index in [1.165, 1.54) is 12.1 Å². The van der Waals surface area contributed by atoms with Gasteiger partial charge in [0.05, 0.1) is 10.7 Å². The fourth-order valence-electron chi connectivity index (χ4n) is 1.40. The van der Waals surface area contributed by atoms with E-state index < -0.39 is 0 Å². The minimum absolute atomic E-state index is 0.0344. The van der Waals surface area contributed by atoms with Crippen LogP contribution in [0.25, 0.3) is 0 Å². The number of halogens is 1. The van der Waals surface area contributed by atoms with Gasteiger partial charge < -0.3 is 16.2 Å². The number of amides is 1.